The lowest BCUT2D eigenvalue weighted by atomic mass is 10.1. The van der Waals surface area contributed by atoms with Crippen LogP contribution in [0.1, 0.15) is 18.2 Å². The van der Waals surface area contributed by atoms with Crippen LogP contribution in [0, 0.1) is 6.92 Å². The average Bonchev–Trinajstić information content (AvgIpc) is 3.02. The monoisotopic (exact) mass is 434 g/mol. The van der Waals surface area contributed by atoms with E-state index in [-0.39, 0.29) is 27.7 Å². The number of aryl methyl sites for hydroxylation is 2. The highest BCUT2D eigenvalue weighted by Gasteiger charge is 2.33. The van der Waals surface area contributed by atoms with Gasteiger partial charge in [-0.05, 0) is 19.1 Å². The number of fused-ring (bicyclic) bond motifs is 2. The normalized spacial score (nSPS) is 12.7. The van der Waals surface area contributed by atoms with Gasteiger partial charge in [-0.2, -0.15) is 13.2 Å². The number of imidazole rings is 1. The minimum Gasteiger partial charge on any atom is -0.324 e. The number of aromatic nitrogens is 4. The minimum atomic E-state index is -4.61. The molecule has 4 rings (SSSR count). The zero-order valence-corrected chi connectivity index (χ0v) is 17.1. The van der Waals surface area contributed by atoms with Gasteiger partial charge in [0.15, 0.2) is 15.7 Å². The van der Waals surface area contributed by atoms with Crippen LogP contribution in [0.3, 0.4) is 0 Å². The van der Waals surface area contributed by atoms with Gasteiger partial charge in [0, 0.05) is 24.0 Å². The first-order valence-electron chi connectivity index (χ1n) is 9.05. The van der Waals surface area contributed by atoms with Crippen molar-refractivity contribution < 1.29 is 21.6 Å². The number of hydrogen-bond donors (Lipinski definition) is 0. The summed E-state index contributed by atoms with van der Waals surface area (Å²) in [5, 5.41) is 1.15. The second-order valence-electron chi connectivity index (χ2n) is 6.98. The van der Waals surface area contributed by atoms with Crippen molar-refractivity contribution in [1.82, 2.24) is 19.5 Å². The van der Waals surface area contributed by atoms with Crippen LogP contribution in [0.4, 0.5) is 13.2 Å². The molecule has 0 N–H and O–H groups in total. The maximum Gasteiger partial charge on any atom is 0.433 e. The third-order valence-corrected chi connectivity index (χ3v) is 6.76. The Balaban J connectivity index is 2.06. The molecule has 6 nitrogen and oxygen atoms in total. The van der Waals surface area contributed by atoms with E-state index in [0.717, 1.165) is 17.8 Å². The molecule has 0 aliphatic carbocycles. The predicted molar refractivity (Wildman–Crippen MR) is 107 cm³/mol. The SMILES string of the molecule is CCS(=O)(=O)c1c(-c2nc3cc(C(F)(F)F)ncc3n2C)ncc2cc(C)ccc12. The fourth-order valence-corrected chi connectivity index (χ4v) is 4.64. The molecule has 0 atom stereocenters. The van der Waals surface area contributed by atoms with Gasteiger partial charge in [0.2, 0.25) is 0 Å². The van der Waals surface area contributed by atoms with Crippen molar-refractivity contribution in [3.05, 3.63) is 47.9 Å². The summed E-state index contributed by atoms with van der Waals surface area (Å²) in [6, 6.07) is 6.19. The van der Waals surface area contributed by atoms with Gasteiger partial charge in [-0.15, -0.1) is 0 Å². The van der Waals surface area contributed by atoms with E-state index < -0.39 is 21.7 Å². The first-order chi connectivity index (χ1) is 14.0. The summed E-state index contributed by atoms with van der Waals surface area (Å²) in [7, 11) is -2.13. The molecular formula is C20H17F3N4O2S. The molecule has 3 heterocycles. The maximum atomic E-state index is 13.0. The van der Waals surface area contributed by atoms with Gasteiger partial charge in [-0.3, -0.25) is 4.98 Å². The molecule has 4 aromatic rings. The zero-order valence-electron chi connectivity index (χ0n) is 16.3. The van der Waals surface area contributed by atoms with Crippen molar-refractivity contribution in [2.24, 2.45) is 7.05 Å². The second kappa shape index (κ2) is 6.76. The number of halogens is 3. The van der Waals surface area contributed by atoms with Crippen LogP contribution in [-0.4, -0.2) is 33.7 Å². The molecule has 0 saturated carbocycles. The summed E-state index contributed by atoms with van der Waals surface area (Å²) in [4.78, 5) is 12.1. The van der Waals surface area contributed by atoms with Crippen LogP contribution in [-0.2, 0) is 23.1 Å². The molecular weight excluding hydrogens is 417 g/mol. The molecule has 0 radical (unpaired) electrons. The van der Waals surface area contributed by atoms with Crippen LogP contribution in [0.15, 0.2) is 41.6 Å². The van der Waals surface area contributed by atoms with Gasteiger partial charge in [-0.1, -0.05) is 24.6 Å². The molecule has 10 heteroatoms. The lowest BCUT2D eigenvalue weighted by Gasteiger charge is -2.12. The molecule has 0 aliphatic rings. The fourth-order valence-electron chi connectivity index (χ4n) is 3.39. The summed E-state index contributed by atoms with van der Waals surface area (Å²) < 4.78 is 66.5. The van der Waals surface area contributed by atoms with Gasteiger partial charge >= 0.3 is 6.18 Å². The van der Waals surface area contributed by atoms with Gasteiger partial charge in [0.05, 0.1) is 23.0 Å². The number of hydrogen-bond acceptors (Lipinski definition) is 5. The van der Waals surface area contributed by atoms with Crippen molar-refractivity contribution in [2.75, 3.05) is 5.75 Å². The van der Waals surface area contributed by atoms with Crippen LogP contribution in [0.2, 0.25) is 0 Å². The highest BCUT2D eigenvalue weighted by Crippen LogP contribution is 2.35. The number of sulfone groups is 1. The number of nitrogens with zero attached hydrogens (tertiary/aromatic N) is 4. The molecule has 0 spiro atoms. The molecule has 0 aliphatic heterocycles. The van der Waals surface area contributed by atoms with Gasteiger partial charge < -0.3 is 4.57 Å². The smallest absolute Gasteiger partial charge is 0.324 e. The Morgan fingerprint density at radius 2 is 1.83 bits per heavy atom. The van der Waals surface area contributed by atoms with E-state index in [9.17, 15) is 21.6 Å². The number of alkyl halides is 3. The summed E-state index contributed by atoms with van der Waals surface area (Å²) in [5.41, 5.74) is 0.373. The molecule has 0 amide bonds. The van der Waals surface area contributed by atoms with Gasteiger partial charge in [0.1, 0.15) is 16.3 Å². The fraction of sp³-hybridized carbons (Fsp3) is 0.250. The van der Waals surface area contributed by atoms with Crippen LogP contribution in [0.25, 0.3) is 33.3 Å². The van der Waals surface area contributed by atoms with E-state index in [1.54, 1.807) is 25.4 Å². The molecule has 0 saturated heterocycles. The van der Waals surface area contributed by atoms with Gasteiger partial charge in [0.25, 0.3) is 0 Å². The predicted octanol–water partition coefficient (Wildman–Crippen LogP) is 4.30. The van der Waals surface area contributed by atoms with Crippen LogP contribution >= 0.6 is 0 Å². The topological polar surface area (TPSA) is 77.7 Å². The van der Waals surface area contributed by atoms with E-state index >= 15 is 0 Å². The number of benzene rings is 1. The standard InChI is InChI=1S/C20H17F3N4O2S/c1-4-30(28,29)18-13-6-5-11(2)7-12(13)9-25-17(18)19-26-14-8-16(20(21,22)23)24-10-15(14)27(19)3/h5-10H,4H2,1-3H3. The molecule has 3 aromatic heterocycles. The van der Waals surface area contributed by atoms with E-state index in [1.807, 2.05) is 13.0 Å². The Labute approximate surface area is 170 Å². The second-order valence-corrected chi connectivity index (χ2v) is 9.20. The highest BCUT2D eigenvalue weighted by molar-refractivity contribution is 7.91. The minimum absolute atomic E-state index is 0.0184. The van der Waals surface area contributed by atoms with E-state index in [0.29, 0.717) is 16.3 Å². The Kier molecular flexibility index (Phi) is 4.57. The summed E-state index contributed by atoms with van der Waals surface area (Å²) in [6.45, 7) is 3.42. The van der Waals surface area contributed by atoms with E-state index in [1.165, 1.54) is 11.5 Å². The maximum absolute atomic E-state index is 13.0. The number of rotatable bonds is 3. The summed E-state index contributed by atoms with van der Waals surface area (Å²) >= 11 is 0. The van der Waals surface area contributed by atoms with Crippen molar-refractivity contribution in [2.45, 2.75) is 24.9 Å². The quantitative estimate of drug-likeness (QED) is 0.480. The average molecular weight is 434 g/mol. The summed E-state index contributed by atoms with van der Waals surface area (Å²) in [6.07, 6.45) is -1.99. The van der Waals surface area contributed by atoms with Crippen molar-refractivity contribution in [3.63, 3.8) is 0 Å². The Hall–Kier alpha value is -3.01. The van der Waals surface area contributed by atoms with E-state index in [2.05, 4.69) is 15.0 Å². The third-order valence-electron chi connectivity index (χ3n) is 4.96. The summed E-state index contributed by atoms with van der Waals surface area (Å²) in [5.74, 6) is -0.00102. The third kappa shape index (κ3) is 3.20. The van der Waals surface area contributed by atoms with Crippen LogP contribution in [0.5, 0.6) is 0 Å². The van der Waals surface area contributed by atoms with Crippen molar-refractivity contribution >= 4 is 31.6 Å². The van der Waals surface area contributed by atoms with Crippen molar-refractivity contribution in [1.29, 1.82) is 0 Å². The Morgan fingerprint density at radius 1 is 1.10 bits per heavy atom. The number of pyridine rings is 2. The molecule has 156 valence electrons. The van der Waals surface area contributed by atoms with Crippen molar-refractivity contribution in [3.8, 4) is 11.5 Å². The van der Waals surface area contributed by atoms with Gasteiger partial charge in [-0.25, -0.2) is 18.4 Å². The molecule has 30 heavy (non-hydrogen) atoms. The molecule has 1 aromatic carbocycles. The van der Waals surface area contributed by atoms with Crippen LogP contribution < -0.4 is 0 Å². The molecule has 0 bridgehead atoms. The highest BCUT2D eigenvalue weighted by atomic mass is 32.2. The lowest BCUT2D eigenvalue weighted by molar-refractivity contribution is -0.141. The first kappa shape index (κ1) is 20.3. The first-order valence-corrected chi connectivity index (χ1v) is 10.7. The lowest BCUT2D eigenvalue weighted by Crippen LogP contribution is -2.09. The Bertz CT molecular complexity index is 1410. The van der Waals surface area contributed by atoms with E-state index in [4.69, 9.17) is 0 Å². The molecule has 0 fully saturated rings. The largest absolute Gasteiger partial charge is 0.433 e. The Morgan fingerprint density at radius 3 is 2.50 bits per heavy atom. The zero-order chi connectivity index (χ0) is 21.8. The molecule has 0 unspecified atom stereocenters.